The maximum atomic E-state index is 11.2. The van der Waals surface area contributed by atoms with Crippen molar-refractivity contribution in [3.8, 4) is 5.75 Å². The van der Waals surface area contributed by atoms with Crippen molar-refractivity contribution in [3.63, 3.8) is 0 Å². The molecular formula is C13H15NO3. The maximum Gasteiger partial charge on any atom is 0.224 e. The first-order valence-electron chi connectivity index (χ1n) is 5.68. The number of carbonyl (C=O) groups is 2. The molecule has 90 valence electrons. The first-order chi connectivity index (χ1) is 8.20. The van der Waals surface area contributed by atoms with Gasteiger partial charge in [-0.05, 0) is 43.0 Å². The summed E-state index contributed by atoms with van der Waals surface area (Å²) in [6.07, 6.45) is 2.89. The van der Waals surface area contributed by atoms with E-state index < -0.39 is 0 Å². The summed E-state index contributed by atoms with van der Waals surface area (Å²) in [6.45, 7) is 0.320. The Morgan fingerprint density at radius 1 is 1.41 bits per heavy atom. The van der Waals surface area contributed by atoms with Gasteiger partial charge < -0.3 is 10.5 Å². The minimum Gasteiger partial charge on any atom is -0.493 e. The Morgan fingerprint density at radius 2 is 2.06 bits per heavy atom. The van der Waals surface area contributed by atoms with Gasteiger partial charge >= 0.3 is 0 Å². The fraction of sp³-hybridized carbons (Fsp3) is 0.385. The summed E-state index contributed by atoms with van der Waals surface area (Å²) in [6, 6.07) is 6.79. The molecule has 0 aromatic heterocycles. The summed E-state index contributed by atoms with van der Waals surface area (Å²) >= 11 is 0. The molecule has 4 nitrogen and oxygen atoms in total. The Bertz CT molecular complexity index is 409. The van der Waals surface area contributed by atoms with Crippen molar-refractivity contribution in [3.05, 3.63) is 29.8 Å². The third-order valence-corrected chi connectivity index (χ3v) is 3.00. The molecule has 1 aliphatic carbocycles. The molecule has 1 aliphatic rings. The van der Waals surface area contributed by atoms with Crippen LogP contribution < -0.4 is 10.5 Å². The third kappa shape index (κ3) is 3.06. The van der Waals surface area contributed by atoms with Crippen molar-refractivity contribution >= 4 is 12.2 Å². The number of ether oxygens (including phenoxy) is 1. The van der Waals surface area contributed by atoms with Gasteiger partial charge in [-0.15, -0.1) is 0 Å². The van der Waals surface area contributed by atoms with Crippen LogP contribution in [0.3, 0.4) is 0 Å². The van der Waals surface area contributed by atoms with Crippen LogP contribution in [0.25, 0.3) is 0 Å². The lowest BCUT2D eigenvalue weighted by molar-refractivity contribution is -0.123. The smallest absolute Gasteiger partial charge is 0.224 e. The summed E-state index contributed by atoms with van der Waals surface area (Å²) in [5.74, 6) is 0.557. The van der Waals surface area contributed by atoms with E-state index in [0.29, 0.717) is 23.8 Å². The Hall–Kier alpha value is -1.84. The highest BCUT2D eigenvalue weighted by Crippen LogP contribution is 2.36. The van der Waals surface area contributed by atoms with Crippen LogP contribution in [0.2, 0.25) is 0 Å². The Balaban J connectivity index is 1.91. The predicted molar refractivity (Wildman–Crippen MR) is 62.7 cm³/mol. The lowest BCUT2D eigenvalue weighted by Crippen LogP contribution is -2.30. The molecule has 1 amide bonds. The van der Waals surface area contributed by atoms with Gasteiger partial charge in [0.2, 0.25) is 5.91 Å². The number of aldehydes is 1. The van der Waals surface area contributed by atoms with Crippen LogP contribution in [-0.4, -0.2) is 18.8 Å². The zero-order valence-electron chi connectivity index (χ0n) is 9.46. The van der Waals surface area contributed by atoms with Crippen molar-refractivity contribution in [2.45, 2.75) is 12.8 Å². The van der Waals surface area contributed by atoms with Crippen LogP contribution in [0.5, 0.6) is 5.75 Å². The number of amides is 1. The van der Waals surface area contributed by atoms with Gasteiger partial charge in [-0.2, -0.15) is 0 Å². The molecule has 1 unspecified atom stereocenters. The van der Waals surface area contributed by atoms with E-state index >= 15 is 0 Å². The van der Waals surface area contributed by atoms with Crippen LogP contribution in [0, 0.1) is 11.8 Å². The maximum absolute atomic E-state index is 11.2. The highest BCUT2D eigenvalue weighted by atomic mass is 16.5. The van der Waals surface area contributed by atoms with Crippen LogP contribution in [0.1, 0.15) is 23.2 Å². The molecule has 0 radical (unpaired) electrons. The number of benzene rings is 1. The number of primary amides is 1. The zero-order chi connectivity index (χ0) is 12.3. The largest absolute Gasteiger partial charge is 0.493 e. The third-order valence-electron chi connectivity index (χ3n) is 3.00. The Kier molecular flexibility index (Phi) is 3.42. The van der Waals surface area contributed by atoms with Crippen LogP contribution in [0.15, 0.2) is 24.3 Å². The molecule has 0 spiro atoms. The molecule has 1 aromatic rings. The average Bonchev–Trinajstić information content (AvgIpc) is 3.14. The normalized spacial score (nSPS) is 16.2. The number of hydrogen-bond acceptors (Lipinski definition) is 3. The summed E-state index contributed by atoms with van der Waals surface area (Å²) in [5, 5.41) is 0. The minimum absolute atomic E-state index is 0.194. The monoisotopic (exact) mass is 233 g/mol. The van der Waals surface area contributed by atoms with Crippen molar-refractivity contribution in [1.82, 2.24) is 0 Å². The van der Waals surface area contributed by atoms with Gasteiger partial charge in [0.25, 0.3) is 0 Å². The van der Waals surface area contributed by atoms with Crippen LogP contribution in [0.4, 0.5) is 0 Å². The van der Waals surface area contributed by atoms with E-state index in [-0.39, 0.29) is 11.8 Å². The summed E-state index contributed by atoms with van der Waals surface area (Å²) < 4.78 is 5.51. The van der Waals surface area contributed by atoms with E-state index in [2.05, 4.69) is 0 Å². The molecule has 0 bridgehead atoms. The molecule has 4 heteroatoms. The lowest BCUT2D eigenvalue weighted by atomic mass is 10.1. The Morgan fingerprint density at radius 3 is 2.53 bits per heavy atom. The second kappa shape index (κ2) is 4.99. The molecule has 0 saturated heterocycles. The standard InChI is InChI=1S/C13H15NO3/c14-13(16)12(10-3-4-10)8-17-11-5-1-9(7-15)2-6-11/h1-2,5-7,10,12H,3-4,8H2,(H2,14,16). The molecule has 17 heavy (non-hydrogen) atoms. The quantitative estimate of drug-likeness (QED) is 0.755. The number of hydrogen-bond donors (Lipinski definition) is 1. The van der Waals surface area contributed by atoms with Gasteiger partial charge in [0.15, 0.2) is 0 Å². The lowest BCUT2D eigenvalue weighted by Gasteiger charge is -2.13. The number of nitrogens with two attached hydrogens (primary N) is 1. The fourth-order valence-corrected chi connectivity index (χ4v) is 1.78. The first-order valence-corrected chi connectivity index (χ1v) is 5.68. The van der Waals surface area contributed by atoms with Gasteiger partial charge in [0.1, 0.15) is 18.6 Å². The zero-order valence-corrected chi connectivity index (χ0v) is 9.46. The fourth-order valence-electron chi connectivity index (χ4n) is 1.78. The van der Waals surface area contributed by atoms with E-state index in [9.17, 15) is 9.59 Å². The SMILES string of the molecule is NC(=O)C(COc1ccc(C=O)cc1)C1CC1. The summed E-state index contributed by atoms with van der Waals surface area (Å²) in [7, 11) is 0. The van der Waals surface area contributed by atoms with Crippen molar-refractivity contribution in [2.75, 3.05) is 6.61 Å². The molecule has 0 aliphatic heterocycles. The van der Waals surface area contributed by atoms with Gasteiger partial charge in [-0.25, -0.2) is 0 Å². The highest BCUT2D eigenvalue weighted by molar-refractivity contribution is 5.77. The van der Waals surface area contributed by atoms with Crippen LogP contribution in [-0.2, 0) is 4.79 Å². The predicted octanol–water partition coefficient (Wildman–Crippen LogP) is 1.39. The summed E-state index contributed by atoms with van der Waals surface area (Å²) in [5.41, 5.74) is 5.92. The van der Waals surface area contributed by atoms with E-state index in [1.165, 1.54) is 0 Å². The van der Waals surface area contributed by atoms with Gasteiger partial charge in [-0.3, -0.25) is 9.59 Å². The van der Waals surface area contributed by atoms with E-state index in [1.54, 1.807) is 24.3 Å². The van der Waals surface area contributed by atoms with E-state index in [4.69, 9.17) is 10.5 Å². The molecule has 2 rings (SSSR count). The molecule has 1 aromatic carbocycles. The molecule has 1 fully saturated rings. The Labute approximate surface area is 99.8 Å². The van der Waals surface area contributed by atoms with E-state index in [1.807, 2.05) is 0 Å². The van der Waals surface area contributed by atoms with Gasteiger partial charge in [0.05, 0.1) is 5.92 Å². The number of carbonyl (C=O) groups excluding carboxylic acids is 2. The highest BCUT2D eigenvalue weighted by Gasteiger charge is 2.35. The first kappa shape index (κ1) is 11.6. The van der Waals surface area contributed by atoms with Crippen molar-refractivity contribution in [1.29, 1.82) is 0 Å². The van der Waals surface area contributed by atoms with Crippen molar-refractivity contribution < 1.29 is 14.3 Å². The molecular weight excluding hydrogens is 218 g/mol. The second-order valence-corrected chi connectivity index (χ2v) is 4.34. The van der Waals surface area contributed by atoms with Crippen molar-refractivity contribution in [2.24, 2.45) is 17.6 Å². The van der Waals surface area contributed by atoms with E-state index in [0.717, 1.165) is 19.1 Å². The average molecular weight is 233 g/mol. The minimum atomic E-state index is -0.294. The molecule has 1 saturated carbocycles. The number of rotatable bonds is 6. The van der Waals surface area contributed by atoms with Gasteiger partial charge in [0, 0.05) is 5.56 Å². The summed E-state index contributed by atoms with van der Waals surface area (Å²) in [4.78, 5) is 21.7. The van der Waals surface area contributed by atoms with Crippen LogP contribution >= 0.6 is 0 Å². The molecule has 0 heterocycles. The van der Waals surface area contributed by atoms with Gasteiger partial charge in [-0.1, -0.05) is 0 Å². The topological polar surface area (TPSA) is 69.4 Å². The molecule has 2 N–H and O–H groups in total. The second-order valence-electron chi connectivity index (χ2n) is 4.34. The molecule has 1 atom stereocenters.